The lowest BCUT2D eigenvalue weighted by atomic mass is 10.2. The molecule has 2 aromatic rings. The van der Waals surface area contributed by atoms with Crippen LogP contribution >= 0.6 is 0 Å². The second-order valence-corrected chi connectivity index (χ2v) is 6.51. The zero-order valence-corrected chi connectivity index (χ0v) is 11.9. The molecule has 0 saturated heterocycles. The van der Waals surface area contributed by atoms with Gasteiger partial charge in [-0.05, 0) is 51.0 Å². The van der Waals surface area contributed by atoms with Crippen LogP contribution in [0.15, 0.2) is 35.4 Å². The summed E-state index contributed by atoms with van der Waals surface area (Å²) in [6, 6.07) is 7.25. The van der Waals surface area contributed by atoms with Crippen LogP contribution in [0.5, 0.6) is 0 Å². The molecule has 0 radical (unpaired) electrons. The summed E-state index contributed by atoms with van der Waals surface area (Å²) in [7, 11) is -3.48. The van der Waals surface area contributed by atoms with Gasteiger partial charge in [0.25, 0.3) is 10.0 Å². The van der Waals surface area contributed by atoms with E-state index in [2.05, 4.69) is 0 Å². The van der Waals surface area contributed by atoms with Crippen LogP contribution in [0.1, 0.15) is 22.4 Å². The minimum absolute atomic E-state index is 0.367. The molecule has 0 fully saturated rings. The molecule has 1 aromatic carbocycles. The van der Waals surface area contributed by atoms with Crippen molar-refractivity contribution in [3.05, 3.63) is 52.8 Å². The molecule has 18 heavy (non-hydrogen) atoms. The summed E-state index contributed by atoms with van der Waals surface area (Å²) in [5, 5.41) is 0. The Bertz CT molecular complexity index is 697. The van der Waals surface area contributed by atoms with Crippen LogP contribution in [0.3, 0.4) is 0 Å². The normalized spacial score (nSPS) is 11.8. The molecule has 2 rings (SSSR count). The van der Waals surface area contributed by atoms with Crippen molar-refractivity contribution in [1.29, 1.82) is 0 Å². The molecular formula is C14H17NO2S. The fourth-order valence-corrected chi connectivity index (χ4v) is 3.83. The number of hydrogen-bond acceptors (Lipinski definition) is 2. The van der Waals surface area contributed by atoms with Gasteiger partial charge in [0, 0.05) is 11.9 Å². The zero-order chi connectivity index (χ0) is 13.5. The minimum atomic E-state index is -3.48. The lowest BCUT2D eigenvalue weighted by Gasteiger charge is -2.11. The fourth-order valence-electron chi connectivity index (χ4n) is 2.17. The summed E-state index contributed by atoms with van der Waals surface area (Å²) < 4.78 is 26.5. The van der Waals surface area contributed by atoms with E-state index < -0.39 is 10.0 Å². The highest BCUT2D eigenvalue weighted by Gasteiger charge is 2.20. The third-order valence-electron chi connectivity index (χ3n) is 2.97. The van der Waals surface area contributed by atoms with Crippen molar-refractivity contribution in [3.63, 3.8) is 0 Å². The van der Waals surface area contributed by atoms with Crippen molar-refractivity contribution in [2.75, 3.05) is 0 Å². The highest BCUT2D eigenvalue weighted by atomic mass is 32.2. The van der Waals surface area contributed by atoms with E-state index in [1.807, 2.05) is 39.0 Å². The van der Waals surface area contributed by atoms with E-state index >= 15 is 0 Å². The molecule has 0 unspecified atom stereocenters. The lowest BCUT2D eigenvalue weighted by molar-refractivity contribution is 0.585. The Morgan fingerprint density at radius 1 is 0.944 bits per heavy atom. The monoisotopic (exact) mass is 263 g/mol. The lowest BCUT2D eigenvalue weighted by Crippen LogP contribution is -2.14. The van der Waals surface area contributed by atoms with E-state index in [9.17, 15) is 8.42 Å². The number of aromatic nitrogens is 1. The van der Waals surface area contributed by atoms with E-state index in [0.717, 1.165) is 22.4 Å². The first kappa shape index (κ1) is 12.9. The van der Waals surface area contributed by atoms with E-state index in [-0.39, 0.29) is 0 Å². The summed E-state index contributed by atoms with van der Waals surface area (Å²) >= 11 is 0. The number of hydrogen-bond donors (Lipinski definition) is 0. The standard InChI is InChI=1S/C14H17NO2S/c1-10-5-6-14(12(3)7-10)18(16,17)15-9-11(2)8-13(15)4/h5-9H,1-4H3. The molecule has 0 atom stereocenters. The number of benzene rings is 1. The Morgan fingerprint density at radius 2 is 1.61 bits per heavy atom. The van der Waals surface area contributed by atoms with Crippen molar-refractivity contribution in [2.24, 2.45) is 0 Å². The van der Waals surface area contributed by atoms with E-state index in [1.54, 1.807) is 19.2 Å². The third kappa shape index (κ3) is 2.08. The highest BCUT2D eigenvalue weighted by Crippen LogP contribution is 2.22. The first-order chi connectivity index (χ1) is 8.32. The van der Waals surface area contributed by atoms with Crippen molar-refractivity contribution in [2.45, 2.75) is 32.6 Å². The van der Waals surface area contributed by atoms with Crippen molar-refractivity contribution < 1.29 is 8.42 Å². The van der Waals surface area contributed by atoms with Crippen LogP contribution < -0.4 is 0 Å². The maximum atomic E-state index is 12.6. The van der Waals surface area contributed by atoms with E-state index in [1.165, 1.54) is 3.97 Å². The quantitative estimate of drug-likeness (QED) is 0.835. The van der Waals surface area contributed by atoms with Gasteiger partial charge in [-0.2, -0.15) is 0 Å². The molecule has 0 saturated carbocycles. The Balaban J connectivity index is 2.65. The number of aryl methyl sites for hydroxylation is 4. The summed E-state index contributed by atoms with van der Waals surface area (Å²) in [4.78, 5) is 0.367. The van der Waals surface area contributed by atoms with Gasteiger partial charge in [0.2, 0.25) is 0 Å². The smallest absolute Gasteiger partial charge is 0.246 e. The van der Waals surface area contributed by atoms with Crippen molar-refractivity contribution >= 4 is 10.0 Å². The average molecular weight is 263 g/mol. The van der Waals surface area contributed by atoms with Gasteiger partial charge in [0.15, 0.2) is 0 Å². The molecule has 0 N–H and O–H groups in total. The first-order valence-corrected chi connectivity index (χ1v) is 7.25. The predicted molar refractivity (Wildman–Crippen MR) is 72.4 cm³/mol. The second-order valence-electron chi connectivity index (χ2n) is 4.73. The highest BCUT2D eigenvalue weighted by molar-refractivity contribution is 7.90. The molecule has 0 spiro atoms. The van der Waals surface area contributed by atoms with Crippen LogP contribution in [-0.2, 0) is 10.0 Å². The summed E-state index contributed by atoms with van der Waals surface area (Å²) in [6.07, 6.45) is 1.66. The Kier molecular flexibility index (Phi) is 3.07. The van der Waals surface area contributed by atoms with Gasteiger partial charge in [-0.15, -0.1) is 0 Å². The number of rotatable bonds is 2. The summed E-state index contributed by atoms with van der Waals surface area (Å²) in [5.41, 5.74) is 3.51. The molecule has 0 bridgehead atoms. The maximum absolute atomic E-state index is 12.6. The van der Waals surface area contributed by atoms with Gasteiger partial charge >= 0.3 is 0 Å². The average Bonchev–Trinajstić information content (AvgIpc) is 2.57. The molecule has 96 valence electrons. The van der Waals surface area contributed by atoms with Crippen LogP contribution in [-0.4, -0.2) is 12.4 Å². The molecule has 0 aliphatic carbocycles. The van der Waals surface area contributed by atoms with Gasteiger partial charge in [-0.25, -0.2) is 12.4 Å². The van der Waals surface area contributed by atoms with Gasteiger partial charge in [0.1, 0.15) is 0 Å². The van der Waals surface area contributed by atoms with Gasteiger partial charge in [0.05, 0.1) is 4.90 Å². The predicted octanol–water partition coefficient (Wildman–Crippen LogP) is 2.96. The zero-order valence-electron chi connectivity index (χ0n) is 11.1. The topological polar surface area (TPSA) is 39.1 Å². The van der Waals surface area contributed by atoms with Gasteiger partial charge < -0.3 is 0 Å². The molecule has 4 heteroatoms. The molecule has 0 aliphatic heterocycles. The molecule has 0 aliphatic rings. The Morgan fingerprint density at radius 3 is 2.11 bits per heavy atom. The maximum Gasteiger partial charge on any atom is 0.268 e. The largest absolute Gasteiger partial charge is 0.268 e. The fraction of sp³-hybridized carbons (Fsp3) is 0.286. The Hall–Kier alpha value is -1.55. The molecule has 1 heterocycles. The van der Waals surface area contributed by atoms with Crippen molar-refractivity contribution in [3.8, 4) is 0 Å². The summed E-state index contributed by atoms with van der Waals surface area (Å²) in [5.74, 6) is 0. The van der Waals surface area contributed by atoms with Gasteiger partial charge in [-0.1, -0.05) is 17.7 Å². The second kappa shape index (κ2) is 4.28. The third-order valence-corrected chi connectivity index (χ3v) is 4.90. The Labute approximate surface area is 108 Å². The van der Waals surface area contributed by atoms with E-state index in [0.29, 0.717) is 4.90 Å². The molecule has 1 aromatic heterocycles. The van der Waals surface area contributed by atoms with Gasteiger partial charge in [-0.3, -0.25) is 0 Å². The summed E-state index contributed by atoms with van der Waals surface area (Å²) in [6.45, 7) is 7.47. The number of nitrogens with zero attached hydrogens (tertiary/aromatic N) is 1. The molecule has 3 nitrogen and oxygen atoms in total. The van der Waals surface area contributed by atoms with Crippen LogP contribution in [0.2, 0.25) is 0 Å². The van der Waals surface area contributed by atoms with Crippen LogP contribution in [0.4, 0.5) is 0 Å². The van der Waals surface area contributed by atoms with Crippen LogP contribution in [0, 0.1) is 27.7 Å². The van der Waals surface area contributed by atoms with Crippen LogP contribution in [0.25, 0.3) is 0 Å². The first-order valence-electron chi connectivity index (χ1n) is 5.81. The van der Waals surface area contributed by atoms with Crippen molar-refractivity contribution in [1.82, 2.24) is 3.97 Å². The molecule has 0 amide bonds. The minimum Gasteiger partial charge on any atom is -0.246 e. The molecular weight excluding hydrogens is 246 g/mol. The van der Waals surface area contributed by atoms with E-state index in [4.69, 9.17) is 0 Å². The SMILES string of the molecule is Cc1ccc(S(=O)(=O)n2cc(C)cc2C)c(C)c1.